The quantitative estimate of drug-likeness (QED) is 0.927. The highest BCUT2D eigenvalue weighted by Gasteiger charge is 2.15. The van der Waals surface area contributed by atoms with Crippen LogP contribution in [0.5, 0.6) is 5.75 Å². The van der Waals surface area contributed by atoms with Crippen molar-refractivity contribution in [2.45, 2.75) is 20.0 Å². The molecule has 0 spiro atoms. The fourth-order valence-corrected chi connectivity index (χ4v) is 1.81. The number of halogens is 1. The van der Waals surface area contributed by atoms with Crippen LogP contribution < -0.4 is 4.74 Å². The van der Waals surface area contributed by atoms with Crippen LogP contribution in [0.25, 0.3) is 10.9 Å². The summed E-state index contributed by atoms with van der Waals surface area (Å²) in [7, 11) is 0. The molecule has 2 rings (SSSR count). The first kappa shape index (κ1) is 12.6. The second kappa shape index (κ2) is 4.82. The zero-order chi connectivity index (χ0) is 13.3. The van der Waals surface area contributed by atoms with Gasteiger partial charge in [0.1, 0.15) is 5.75 Å². The molecule has 18 heavy (non-hydrogen) atoms. The highest BCUT2D eigenvalue weighted by atomic mass is 35.5. The lowest BCUT2D eigenvalue weighted by atomic mass is 10.1. The molecule has 0 aliphatic carbocycles. The number of rotatable bonds is 3. The maximum atomic E-state index is 10.8. The Morgan fingerprint density at radius 2 is 2.17 bits per heavy atom. The van der Waals surface area contributed by atoms with Gasteiger partial charge in [-0.05, 0) is 37.6 Å². The zero-order valence-electron chi connectivity index (χ0n) is 9.98. The van der Waals surface area contributed by atoms with Crippen molar-refractivity contribution in [2.75, 3.05) is 0 Å². The molecule has 0 saturated carbocycles. The molecule has 1 aromatic heterocycles. The summed E-state index contributed by atoms with van der Waals surface area (Å²) in [4.78, 5) is 15.0. The van der Waals surface area contributed by atoms with Crippen molar-refractivity contribution < 1.29 is 14.6 Å². The van der Waals surface area contributed by atoms with Crippen molar-refractivity contribution in [2.24, 2.45) is 0 Å². The van der Waals surface area contributed by atoms with Crippen LogP contribution >= 0.6 is 11.6 Å². The number of aryl methyl sites for hydroxylation is 1. The summed E-state index contributed by atoms with van der Waals surface area (Å²) in [5.74, 6) is -0.514. The molecule has 5 heteroatoms. The average molecular weight is 266 g/mol. The maximum absolute atomic E-state index is 10.8. The molecular formula is C13H12ClNO3. The first-order valence-electron chi connectivity index (χ1n) is 5.44. The number of carbonyl (C=O) groups is 1. The molecule has 1 aromatic carbocycles. The van der Waals surface area contributed by atoms with Crippen molar-refractivity contribution in [3.05, 3.63) is 35.0 Å². The molecule has 1 atom stereocenters. The number of nitrogens with zero attached hydrogens (tertiary/aromatic N) is 1. The molecule has 0 saturated heterocycles. The summed E-state index contributed by atoms with van der Waals surface area (Å²) in [5, 5.41) is 10.2. The van der Waals surface area contributed by atoms with Crippen LogP contribution in [0.1, 0.15) is 12.5 Å². The Labute approximate surface area is 109 Å². The van der Waals surface area contributed by atoms with Gasteiger partial charge >= 0.3 is 5.97 Å². The van der Waals surface area contributed by atoms with Crippen molar-refractivity contribution in [1.82, 2.24) is 4.98 Å². The predicted octanol–water partition coefficient (Wildman–Crippen LogP) is 3.05. The number of aliphatic carboxylic acids is 1. The van der Waals surface area contributed by atoms with E-state index in [1.807, 2.05) is 6.92 Å². The van der Waals surface area contributed by atoms with Gasteiger partial charge in [0.15, 0.2) is 6.10 Å². The molecule has 0 fully saturated rings. The van der Waals surface area contributed by atoms with Gasteiger partial charge in [0.25, 0.3) is 0 Å². The fraction of sp³-hybridized carbons (Fsp3) is 0.231. The Balaban J connectivity index is 2.53. The average Bonchev–Trinajstić information content (AvgIpc) is 2.34. The van der Waals surface area contributed by atoms with Gasteiger partial charge in [0, 0.05) is 16.6 Å². The molecule has 0 bridgehead atoms. The largest absolute Gasteiger partial charge is 0.479 e. The van der Waals surface area contributed by atoms with Crippen molar-refractivity contribution in [3.8, 4) is 5.75 Å². The molecule has 0 aliphatic heterocycles. The number of benzene rings is 1. The van der Waals surface area contributed by atoms with E-state index in [1.165, 1.54) is 6.92 Å². The lowest BCUT2D eigenvalue weighted by Crippen LogP contribution is -2.23. The molecule has 0 amide bonds. The highest BCUT2D eigenvalue weighted by Crippen LogP contribution is 2.30. The van der Waals surface area contributed by atoms with Gasteiger partial charge in [-0.15, -0.1) is 0 Å². The standard InChI is InChI=1S/C13H12ClNO3/c1-7-10(14)4-3-9-11(5-6-15-12(7)9)18-8(2)13(16)17/h3-6,8H,1-2H3,(H,16,17). The number of carboxylic acids is 1. The number of carboxylic acid groups (broad SMARTS) is 1. The van der Waals surface area contributed by atoms with Crippen molar-refractivity contribution in [1.29, 1.82) is 0 Å². The maximum Gasteiger partial charge on any atom is 0.344 e. The summed E-state index contributed by atoms with van der Waals surface area (Å²) in [5.41, 5.74) is 1.57. The topological polar surface area (TPSA) is 59.4 Å². The molecule has 1 N–H and O–H groups in total. The lowest BCUT2D eigenvalue weighted by molar-refractivity contribution is -0.144. The third-order valence-corrected chi connectivity index (χ3v) is 3.12. The van der Waals surface area contributed by atoms with Gasteiger partial charge in [0.2, 0.25) is 0 Å². The molecule has 1 unspecified atom stereocenters. The van der Waals surface area contributed by atoms with Crippen LogP contribution in [0.2, 0.25) is 5.02 Å². The summed E-state index contributed by atoms with van der Waals surface area (Å²) >= 11 is 6.02. The van der Waals surface area contributed by atoms with E-state index in [-0.39, 0.29) is 0 Å². The number of fused-ring (bicyclic) bond motifs is 1. The Morgan fingerprint density at radius 3 is 2.83 bits per heavy atom. The van der Waals surface area contributed by atoms with Crippen molar-refractivity contribution in [3.63, 3.8) is 0 Å². The molecule has 4 nitrogen and oxygen atoms in total. The highest BCUT2D eigenvalue weighted by molar-refractivity contribution is 6.32. The molecule has 94 valence electrons. The van der Waals surface area contributed by atoms with Gasteiger partial charge in [-0.2, -0.15) is 0 Å². The molecular weight excluding hydrogens is 254 g/mol. The monoisotopic (exact) mass is 265 g/mol. The molecule has 0 aliphatic rings. The third kappa shape index (κ3) is 2.24. The fourth-order valence-electron chi connectivity index (χ4n) is 1.65. The minimum Gasteiger partial charge on any atom is -0.479 e. The van der Waals surface area contributed by atoms with E-state index in [4.69, 9.17) is 21.4 Å². The minimum atomic E-state index is -1.01. The van der Waals surface area contributed by atoms with Gasteiger partial charge < -0.3 is 9.84 Å². The predicted molar refractivity (Wildman–Crippen MR) is 69.2 cm³/mol. The summed E-state index contributed by atoms with van der Waals surface area (Å²) in [6, 6.07) is 5.18. The van der Waals surface area contributed by atoms with Crippen molar-refractivity contribution >= 4 is 28.5 Å². The van der Waals surface area contributed by atoms with E-state index in [0.29, 0.717) is 10.8 Å². The van der Waals surface area contributed by atoms with Crippen LogP contribution in [0.15, 0.2) is 24.4 Å². The smallest absolute Gasteiger partial charge is 0.344 e. The summed E-state index contributed by atoms with van der Waals surface area (Å²) < 4.78 is 5.40. The van der Waals surface area contributed by atoms with E-state index >= 15 is 0 Å². The van der Waals surface area contributed by atoms with Gasteiger partial charge in [-0.1, -0.05) is 11.6 Å². The lowest BCUT2D eigenvalue weighted by Gasteiger charge is -2.13. The van der Waals surface area contributed by atoms with Crippen LogP contribution in [0.4, 0.5) is 0 Å². The number of hydrogen-bond acceptors (Lipinski definition) is 3. The Bertz CT molecular complexity index is 612. The van der Waals surface area contributed by atoms with Crippen LogP contribution in [-0.4, -0.2) is 22.2 Å². The Kier molecular flexibility index (Phi) is 3.39. The van der Waals surface area contributed by atoms with Crippen LogP contribution in [0, 0.1) is 6.92 Å². The normalized spacial score (nSPS) is 12.4. The number of hydrogen-bond donors (Lipinski definition) is 1. The SMILES string of the molecule is Cc1c(Cl)ccc2c(OC(C)C(=O)O)ccnc12. The van der Waals surface area contributed by atoms with E-state index in [2.05, 4.69) is 4.98 Å². The first-order valence-corrected chi connectivity index (χ1v) is 5.82. The van der Waals surface area contributed by atoms with Gasteiger partial charge in [-0.3, -0.25) is 4.98 Å². The van der Waals surface area contributed by atoms with E-state index in [1.54, 1.807) is 24.4 Å². The van der Waals surface area contributed by atoms with Crippen LogP contribution in [-0.2, 0) is 4.79 Å². The Morgan fingerprint density at radius 1 is 1.44 bits per heavy atom. The first-order chi connectivity index (χ1) is 8.50. The minimum absolute atomic E-state index is 0.495. The summed E-state index contributed by atoms with van der Waals surface area (Å²) in [6.07, 6.45) is 0.668. The second-order valence-electron chi connectivity index (χ2n) is 3.98. The van der Waals surface area contributed by atoms with Crippen LogP contribution in [0.3, 0.4) is 0 Å². The Hall–Kier alpha value is -1.81. The summed E-state index contributed by atoms with van der Waals surface area (Å²) in [6.45, 7) is 3.35. The number of ether oxygens (including phenoxy) is 1. The zero-order valence-corrected chi connectivity index (χ0v) is 10.7. The van der Waals surface area contributed by atoms with E-state index < -0.39 is 12.1 Å². The second-order valence-corrected chi connectivity index (χ2v) is 4.38. The molecule has 2 aromatic rings. The van der Waals surface area contributed by atoms with E-state index in [9.17, 15) is 4.79 Å². The van der Waals surface area contributed by atoms with Gasteiger partial charge in [-0.25, -0.2) is 4.79 Å². The molecule has 0 radical (unpaired) electrons. The van der Waals surface area contributed by atoms with Gasteiger partial charge in [0.05, 0.1) is 5.52 Å². The number of aromatic nitrogens is 1. The third-order valence-electron chi connectivity index (χ3n) is 2.71. The van der Waals surface area contributed by atoms with E-state index in [0.717, 1.165) is 16.5 Å². The number of pyridine rings is 1. The molecule has 1 heterocycles.